The number of rotatable bonds is 1. The van der Waals surface area contributed by atoms with Crippen molar-refractivity contribution >= 4 is 5.91 Å². The van der Waals surface area contributed by atoms with Crippen LogP contribution in [0.2, 0.25) is 0 Å². The minimum atomic E-state index is -0.0883. The molecule has 0 aliphatic heterocycles. The molecule has 0 saturated heterocycles. The molecule has 1 heterocycles. The summed E-state index contributed by atoms with van der Waals surface area (Å²) in [6.45, 7) is 3.64. The van der Waals surface area contributed by atoms with Gasteiger partial charge in [0.05, 0.1) is 18.4 Å². The first-order valence-electron chi connectivity index (χ1n) is 4.20. The van der Waals surface area contributed by atoms with E-state index in [1.54, 1.807) is 12.4 Å². The van der Waals surface area contributed by atoms with Gasteiger partial charge in [-0.15, -0.1) is 0 Å². The Hall–Kier alpha value is -1.89. The van der Waals surface area contributed by atoms with Crippen molar-refractivity contribution in [2.45, 2.75) is 13.8 Å². The predicted molar refractivity (Wildman–Crippen MR) is 52.3 cm³/mol. The molecule has 1 aromatic heterocycles. The highest BCUT2D eigenvalue weighted by Gasteiger charge is 1.89. The van der Waals surface area contributed by atoms with Crippen molar-refractivity contribution in [2.75, 3.05) is 6.54 Å². The summed E-state index contributed by atoms with van der Waals surface area (Å²) in [5.41, 5.74) is 1.45. The van der Waals surface area contributed by atoms with Crippen molar-refractivity contribution in [2.24, 2.45) is 0 Å². The fraction of sp³-hybridized carbons (Fsp3) is 0.300. The van der Waals surface area contributed by atoms with E-state index in [1.165, 1.54) is 6.92 Å². The zero-order valence-electron chi connectivity index (χ0n) is 8.16. The van der Waals surface area contributed by atoms with Crippen LogP contribution in [0, 0.1) is 18.8 Å². The van der Waals surface area contributed by atoms with Gasteiger partial charge in [0.1, 0.15) is 5.69 Å². The van der Waals surface area contributed by atoms with Crippen LogP contribution in [0.3, 0.4) is 0 Å². The van der Waals surface area contributed by atoms with Crippen molar-refractivity contribution in [3.05, 3.63) is 23.8 Å². The van der Waals surface area contributed by atoms with E-state index in [1.807, 2.05) is 6.92 Å². The maximum absolute atomic E-state index is 10.5. The number of hydrogen-bond donors (Lipinski definition) is 1. The van der Waals surface area contributed by atoms with Crippen LogP contribution in [0.4, 0.5) is 0 Å². The number of carbonyl (C=O) groups excluding carboxylic acids is 1. The monoisotopic (exact) mass is 189 g/mol. The maximum Gasteiger partial charge on any atom is 0.217 e. The SMILES string of the molecule is CC(=O)NCC#Cc1cncc(C)n1. The van der Waals surface area contributed by atoms with Crippen LogP contribution in [0.25, 0.3) is 0 Å². The average Bonchev–Trinajstić information content (AvgIpc) is 2.12. The Balaban J connectivity index is 2.55. The van der Waals surface area contributed by atoms with E-state index in [2.05, 4.69) is 27.1 Å². The lowest BCUT2D eigenvalue weighted by Gasteiger charge is -1.92. The third kappa shape index (κ3) is 3.68. The molecule has 0 bridgehead atoms. The third-order valence-electron chi connectivity index (χ3n) is 1.40. The third-order valence-corrected chi connectivity index (χ3v) is 1.40. The second-order valence-electron chi connectivity index (χ2n) is 2.76. The Morgan fingerprint density at radius 2 is 2.36 bits per heavy atom. The van der Waals surface area contributed by atoms with Gasteiger partial charge in [-0.05, 0) is 12.8 Å². The molecular weight excluding hydrogens is 178 g/mol. The van der Waals surface area contributed by atoms with Gasteiger partial charge in [0.25, 0.3) is 0 Å². The van der Waals surface area contributed by atoms with Gasteiger partial charge in [0.2, 0.25) is 5.91 Å². The minimum Gasteiger partial charge on any atom is -0.345 e. The number of hydrogen-bond acceptors (Lipinski definition) is 3. The number of carbonyl (C=O) groups is 1. The number of amides is 1. The van der Waals surface area contributed by atoms with Gasteiger partial charge in [-0.25, -0.2) is 4.98 Å². The molecule has 1 aromatic rings. The lowest BCUT2D eigenvalue weighted by atomic mass is 10.4. The van der Waals surface area contributed by atoms with Crippen LogP contribution in [0.1, 0.15) is 18.3 Å². The molecule has 0 fully saturated rings. The lowest BCUT2D eigenvalue weighted by molar-refractivity contribution is -0.118. The Morgan fingerprint density at radius 1 is 1.57 bits per heavy atom. The van der Waals surface area contributed by atoms with Gasteiger partial charge in [-0.1, -0.05) is 5.92 Å². The molecule has 0 radical (unpaired) electrons. The average molecular weight is 189 g/mol. The zero-order chi connectivity index (χ0) is 10.4. The molecule has 0 atom stereocenters. The normalized spacial score (nSPS) is 8.71. The summed E-state index contributed by atoms with van der Waals surface area (Å²) in [6.07, 6.45) is 3.26. The van der Waals surface area contributed by atoms with E-state index in [9.17, 15) is 4.79 Å². The Labute approximate surface area is 82.8 Å². The van der Waals surface area contributed by atoms with E-state index in [0.717, 1.165) is 5.69 Å². The summed E-state index contributed by atoms with van der Waals surface area (Å²) in [6, 6.07) is 0. The number of aryl methyl sites for hydroxylation is 1. The van der Waals surface area contributed by atoms with E-state index in [0.29, 0.717) is 12.2 Å². The van der Waals surface area contributed by atoms with Crippen molar-refractivity contribution in [3.63, 3.8) is 0 Å². The molecular formula is C10H11N3O. The van der Waals surface area contributed by atoms with Gasteiger partial charge in [0, 0.05) is 13.1 Å². The van der Waals surface area contributed by atoms with Crippen molar-refractivity contribution < 1.29 is 4.79 Å². The number of aromatic nitrogens is 2. The molecule has 0 unspecified atom stereocenters. The first-order chi connectivity index (χ1) is 6.68. The van der Waals surface area contributed by atoms with E-state index in [4.69, 9.17) is 0 Å². The van der Waals surface area contributed by atoms with Gasteiger partial charge >= 0.3 is 0 Å². The lowest BCUT2D eigenvalue weighted by Crippen LogP contribution is -2.19. The van der Waals surface area contributed by atoms with Gasteiger partial charge in [0.15, 0.2) is 0 Å². The largest absolute Gasteiger partial charge is 0.345 e. The number of nitrogens with one attached hydrogen (secondary N) is 1. The highest BCUT2D eigenvalue weighted by Crippen LogP contribution is 1.91. The molecule has 4 nitrogen and oxygen atoms in total. The van der Waals surface area contributed by atoms with Crippen LogP contribution < -0.4 is 5.32 Å². The smallest absolute Gasteiger partial charge is 0.217 e. The highest BCUT2D eigenvalue weighted by molar-refractivity contribution is 5.73. The van der Waals surface area contributed by atoms with Crippen LogP contribution in [-0.4, -0.2) is 22.4 Å². The molecule has 0 aromatic carbocycles. The standard InChI is InChI=1S/C10H11N3O/c1-8-6-11-7-10(13-8)4-3-5-12-9(2)14/h6-7H,5H2,1-2H3,(H,12,14). The molecule has 1 rings (SSSR count). The maximum atomic E-state index is 10.5. The van der Waals surface area contributed by atoms with Crippen LogP contribution in [-0.2, 0) is 4.79 Å². The van der Waals surface area contributed by atoms with Gasteiger partial charge in [-0.2, -0.15) is 0 Å². The molecule has 1 N–H and O–H groups in total. The van der Waals surface area contributed by atoms with Crippen LogP contribution in [0.5, 0.6) is 0 Å². The first-order valence-corrected chi connectivity index (χ1v) is 4.20. The van der Waals surface area contributed by atoms with Gasteiger partial charge < -0.3 is 5.32 Å². The highest BCUT2D eigenvalue weighted by atomic mass is 16.1. The van der Waals surface area contributed by atoms with Crippen molar-refractivity contribution in [1.82, 2.24) is 15.3 Å². The molecule has 0 spiro atoms. The topological polar surface area (TPSA) is 54.9 Å². The van der Waals surface area contributed by atoms with Gasteiger partial charge in [-0.3, -0.25) is 9.78 Å². The fourth-order valence-corrected chi connectivity index (χ4v) is 0.827. The summed E-state index contributed by atoms with van der Waals surface area (Å²) in [4.78, 5) is 18.6. The molecule has 0 saturated carbocycles. The molecule has 4 heteroatoms. The molecule has 0 aliphatic carbocycles. The summed E-state index contributed by atoms with van der Waals surface area (Å²) in [7, 11) is 0. The first kappa shape index (κ1) is 10.2. The van der Waals surface area contributed by atoms with Crippen LogP contribution >= 0.6 is 0 Å². The molecule has 0 aliphatic rings. The van der Waals surface area contributed by atoms with E-state index < -0.39 is 0 Å². The second kappa shape index (κ2) is 4.97. The Bertz CT molecular complexity index is 390. The molecule has 14 heavy (non-hydrogen) atoms. The molecule has 1 amide bonds. The Kier molecular flexibility index (Phi) is 3.62. The Morgan fingerprint density at radius 3 is 3.00 bits per heavy atom. The summed E-state index contributed by atoms with van der Waals surface area (Å²) >= 11 is 0. The second-order valence-corrected chi connectivity index (χ2v) is 2.76. The summed E-state index contributed by atoms with van der Waals surface area (Å²) in [5, 5.41) is 2.57. The predicted octanol–water partition coefficient (Wildman–Crippen LogP) is 0.273. The quantitative estimate of drug-likeness (QED) is 0.645. The summed E-state index contributed by atoms with van der Waals surface area (Å²) < 4.78 is 0. The summed E-state index contributed by atoms with van der Waals surface area (Å²) in [5.74, 6) is 5.49. The van der Waals surface area contributed by atoms with Crippen molar-refractivity contribution in [1.29, 1.82) is 0 Å². The fourth-order valence-electron chi connectivity index (χ4n) is 0.827. The van der Waals surface area contributed by atoms with E-state index in [-0.39, 0.29) is 5.91 Å². The zero-order valence-corrected chi connectivity index (χ0v) is 8.16. The minimum absolute atomic E-state index is 0.0883. The van der Waals surface area contributed by atoms with Crippen LogP contribution in [0.15, 0.2) is 12.4 Å². The molecule has 72 valence electrons. The van der Waals surface area contributed by atoms with Crippen molar-refractivity contribution in [3.8, 4) is 11.8 Å². The van der Waals surface area contributed by atoms with E-state index >= 15 is 0 Å². The number of nitrogens with zero attached hydrogens (tertiary/aromatic N) is 2.